The topological polar surface area (TPSA) is 35.5 Å². The lowest BCUT2D eigenvalue weighted by atomic mass is 9.93. The van der Waals surface area contributed by atoms with Gasteiger partial charge in [0.2, 0.25) is 0 Å². The molecule has 0 aromatic heterocycles. The van der Waals surface area contributed by atoms with Crippen LogP contribution in [0.3, 0.4) is 0 Å². The summed E-state index contributed by atoms with van der Waals surface area (Å²) in [6.07, 6.45) is 4.64. The second-order valence-corrected chi connectivity index (χ2v) is 5.12. The molecule has 1 unspecified atom stereocenters. The fourth-order valence-corrected chi connectivity index (χ4v) is 2.26. The lowest BCUT2D eigenvalue weighted by Crippen LogP contribution is -2.25. The van der Waals surface area contributed by atoms with Gasteiger partial charge in [0.15, 0.2) is 5.78 Å². The first-order valence-electron chi connectivity index (χ1n) is 6.71. The van der Waals surface area contributed by atoms with Crippen LogP contribution in [0.5, 0.6) is 5.75 Å². The third-order valence-electron chi connectivity index (χ3n) is 3.50. The summed E-state index contributed by atoms with van der Waals surface area (Å²) in [6.45, 7) is 1.36. The molecule has 0 N–H and O–H groups in total. The van der Waals surface area contributed by atoms with Crippen LogP contribution in [0.1, 0.15) is 36.0 Å². The fourth-order valence-electron chi connectivity index (χ4n) is 2.26. The van der Waals surface area contributed by atoms with Crippen molar-refractivity contribution in [2.75, 3.05) is 13.2 Å². The number of Topliss-reactive ketones (excluding diaryl/α,β-unsaturated/α-hetero) is 1. The van der Waals surface area contributed by atoms with E-state index in [1.54, 1.807) is 0 Å². The van der Waals surface area contributed by atoms with Crippen molar-refractivity contribution in [1.29, 1.82) is 0 Å². The third kappa shape index (κ3) is 2.72. The number of rotatable bonds is 4. The van der Waals surface area contributed by atoms with Crippen LogP contribution in [0.25, 0.3) is 0 Å². The first-order valence-corrected chi connectivity index (χ1v) is 6.71. The Morgan fingerprint density at radius 1 is 1.17 bits per heavy atom. The Bertz CT molecular complexity index is 414. The lowest BCUT2D eigenvalue weighted by Gasteiger charge is -2.20. The van der Waals surface area contributed by atoms with E-state index in [1.807, 2.05) is 24.3 Å². The maximum atomic E-state index is 12.2. The van der Waals surface area contributed by atoms with Crippen molar-refractivity contribution >= 4 is 5.78 Å². The Balaban J connectivity index is 1.65. The van der Waals surface area contributed by atoms with Crippen molar-refractivity contribution in [2.45, 2.75) is 31.8 Å². The third-order valence-corrected chi connectivity index (χ3v) is 3.50. The minimum Gasteiger partial charge on any atom is -0.490 e. The first-order chi connectivity index (χ1) is 8.83. The molecule has 0 radical (unpaired) electrons. The number of hydrogen-bond acceptors (Lipinski definition) is 3. The zero-order valence-electron chi connectivity index (χ0n) is 10.4. The van der Waals surface area contributed by atoms with Gasteiger partial charge in [0.05, 0.1) is 12.7 Å². The molecule has 0 bridgehead atoms. The maximum Gasteiger partial charge on any atom is 0.168 e. The lowest BCUT2D eigenvalue weighted by molar-refractivity contribution is 0.0461. The van der Waals surface area contributed by atoms with Crippen molar-refractivity contribution in [3.8, 4) is 5.75 Å². The number of ether oxygens (including phenoxy) is 2. The van der Waals surface area contributed by atoms with Gasteiger partial charge in [-0.15, -0.1) is 0 Å². The van der Waals surface area contributed by atoms with Crippen molar-refractivity contribution in [2.24, 2.45) is 5.92 Å². The molecule has 2 fully saturated rings. The molecule has 1 aliphatic heterocycles. The van der Waals surface area contributed by atoms with E-state index in [0.29, 0.717) is 12.7 Å². The molecule has 1 saturated carbocycles. The molecule has 1 heterocycles. The molecule has 1 atom stereocenters. The number of benzene rings is 1. The van der Waals surface area contributed by atoms with Crippen LogP contribution in [0.4, 0.5) is 0 Å². The van der Waals surface area contributed by atoms with Crippen LogP contribution >= 0.6 is 0 Å². The Kier molecular flexibility index (Phi) is 3.33. The summed E-state index contributed by atoms with van der Waals surface area (Å²) >= 11 is 0. The van der Waals surface area contributed by atoms with E-state index in [1.165, 1.54) is 0 Å². The SMILES string of the molecule is O=C(c1ccc(OC2CC2)cc1)C1CCCOC1. The molecule has 18 heavy (non-hydrogen) atoms. The zero-order valence-corrected chi connectivity index (χ0v) is 10.4. The maximum absolute atomic E-state index is 12.2. The average Bonchev–Trinajstić information content (AvgIpc) is 3.24. The summed E-state index contributed by atoms with van der Waals surface area (Å²) in [7, 11) is 0. The summed E-state index contributed by atoms with van der Waals surface area (Å²) in [5.74, 6) is 1.11. The van der Waals surface area contributed by atoms with Crippen LogP contribution in [-0.2, 0) is 4.74 Å². The predicted octanol–water partition coefficient (Wildman–Crippen LogP) is 2.84. The minimum atomic E-state index is 0.0361. The summed E-state index contributed by atoms with van der Waals surface area (Å²) in [6, 6.07) is 7.54. The Hall–Kier alpha value is -1.35. The monoisotopic (exact) mass is 246 g/mol. The van der Waals surface area contributed by atoms with Crippen LogP contribution in [0.2, 0.25) is 0 Å². The van der Waals surface area contributed by atoms with E-state index in [0.717, 1.165) is 43.6 Å². The molecule has 3 heteroatoms. The molecule has 2 aliphatic rings. The molecule has 1 aromatic rings. The highest BCUT2D eigenvalue weighted by atomic mass is 16.5. The summed E-state index contributed by atoms with van der Waals surface area (Å²) in [4.78, 5) is 12.2. The van der Waals surface area contributed by atoms with Crippen molar-refractivity contribution < 1.29 is 14.3 Å². The van der Waals surface area contributed by atoms with Gasteiger partial charge in [-0.3, -0.25) is 4.79 Å². The highest BCUT2D eigenvalue weighted by Gasteiger charge is 2.25. The molecule has 0 amide bonds. The average molecular weight is 246 g/mol. The largest absolute Gasteiger partial charge is 0.490 e. The molecule has 96 valence electrons. The first kappa shape index (κ1) is 11.7. The molecule has 0 spiro atoms. The van der Waals surface area contributed by atoms with Gasteiger partial charge in [-0.25, -0.2) is 0 Å². The number of hydrogen-bond donors (Lipinski definition) is 0. The second-order valence-electron chi connectivity index (χ2n) is 5.12. The summed E-state index contributed by atoms with van der Waals surface area (Å²) < 4.78 is 11.0. The van der Waals surface area contributed by atoms with Gasteiger partial charge >= 0.3 is 0 Å². The van der Waals surface area contributed by atoms with Crippen LogP contribution < -0.4 is 4.74 Å². The molecule has 3 rings (SSSR count). The van der Waals surface area contributed by atoms with E-state index < -0.39 is 0 Å². The van der Waals surface area contributed by atoms with Gasteiger partial charge in [-0.2, -0.15) is 0 Å². The van der Waals surface area contributed by atoms with Gasteiger partial charge in [0, 0.05) is 18.1 Å². The Labute approximate surface area is 107 Å². The van der Waals surface area contributed by atoms with E-state index in [2.05, 4.69) is 0 Å². The van der Waals surface area contributed by atoms with Crippen molar-refractivity contribution in [3.05, 3.63) is 29.8 Å². The number of carbonyl (C=O) groups is 1. The predicted molar refractivity (Wildman–Crippen MR) is 68.0 cm³/mol. The van der Waals surface area contributed by atoms with Crippen LogP contribution in [0.15, 0.2) is 24.3 Å². The van der Waals surface area contributed by atoms with Crippen LogP contribution in [-0.4, -0.2) is 25.1 Å². The van der Waals surface area contributed by atoms with Crippen LogP contribution in [0, 0.1) is 5.92 Å². The van der Waals surface area contributed by atoms with Gasteiger partial charge in [0.25, 0.3) is 0 Å². The highest BCUT2D eigenvalue weighted by Crippen LogP contribution is 2.27. The standard InChI is InChI=1S/C15H18O3/c16-15(12-2-1-9-17-10-12)11-3-5-13(6-4-11)18-14-7-8-14/h3-6,12,14H,1-2,7-10H2. The van der Waals surface area contributed by atoms with Gasteiger partial charge in [0.1, 0.15) is 5.75 Å². The zero-order chi connectivity index (χ0) is 12.4. The van der Waals surface area contributed by atoms with E-state index >= 15 is 0 Å². The number of ketones is 1. The molecule has 1 aliphatic carbocycles. The molecule has 1 saturated heterocycles. The van der Waals surface area contributed by atoms with Gasteiger partial charge in [-0.05, 0) is 49.9 Å². The quantitative estimate of drug-likeness (QED) is 0.766. The fraction of sp³-hybridized carbons (Fsp3) is 0.533. The molecule has 1 aromatic carbocycles. The van der Waals surface area contributed by atoms with Crippen molar-refractivity contribution in [3.63, 3.8) is 0 Å². The molecular formula is C15H18O3. The molecular weight excluding hydrogens is 228 g/mol. The summed E-state index contributed by atoms with van der Waals surface area (Å²) in [5.41, 5.74) is 0.772. The normalized spacial score (nSPS) is 23.7. The number of carbonyl (C=O) groups excluding carboxylic acids is 1. The van der Waals surface area contributed by atoms with Gasteiger partial charge < -0.3 is 9.47 Å². The van der Waals surface area contributed by atoms with E-state index in [9.17, 15) is 4.79 Å². The van der Waals surface area contributed by atoms with E-state index in [4.69, 9.17) is 9.47 Å². The highest BCUT2D eigenvalue weighted by molar-refractivity contribution is 5.98. The summed E-state index contributed by atoms with van der Waals surface area (Å²) in [5, 5.41) is 0. The smallest absolute Gasteiger partial charge is 0.168 e. The Morgan fingerprint density at radius 3 is 2.56 bits per heavy atom. The van der Waals surface area contributed by atoms with E-state index in [-0.39, 0.29) is 11.7 Å². The minimum absolute atomic E-state index is 0.0361. The van der Waals surface area contributed by atoms with Gasteiger partial charge in [-0.1, -0.05) is 0 Å². The van der Waals surface area contributed by atoms with Crippen molar-refractivity contribution in [1.82, 2.24) is 0 Å². The second kappa shape index (κ2) is 5.11. The molecule has 3 nitrogen and oxygen atoms in total. The Morgan fingerprint density at radius 2 is 1.94 bits per heavy atom.